The Bertz CT molecular complexity index is 801. The molecule has 2 aromatic rings. The maximum absolute atomic E-state index is 12.4. The number of thiophene rings is 1. The predicted octanol–water partition coefficient (Wildman–Crippen LogP) is 3.26. The van der Waals surface area contributed by atoms with Gasteiger partial charge in [0, 0.05) is 10.9 Å². The highest BCUT2D eigenvalue weighted by Crippen LogP contribution is 2.39. The molecule has 1 heterocycles. The standard InChI is InChI=1S/C20H25N3O2S/c1-12-8-9-15-16(10-12)26-20(18(15)19(21)25)23-17(24)11-22-13(2)14-6-4-3-5-7-14/h3-7,12-13,22H,8-11H2,1-2H3,(H2,21,25)(H,23,24)/t12-,13+/m0/s1. The first kappa shape index (κ1) is 18.6. The van der Waals surface area contributed by atoms with E-state index in [0.29, 0.717) is 16.5 Å². The van der Waals surface area contributed by atoms with Crippen LogP contribution in [0.5, 0.6) is 0 Å². The molecule has 5 nitrogen and oxygen atoms in total. The van der Waals surface area contributed by atoms with Crippen LogP contribution in [0.2, 0.25) is 0 Å². The number of rotatable bonds is 6. The minimum Gasteiger partial charge on any atom is -0.365 e. The molecule has 0 unspecified atom stereocenters. The molecule has 4 N–H and O–H groups in total. The predicted molar refractivity (Wildman–Crippen MR) is 106 cm³/mol. The van der Waals surface area contributed by atoms with Crippen LogP contribution in [0, 0.1) is 5.92 Å². The molecule has 26 heavy (non-hydrogen) atoms. The maximum atomic E-state index is 12.4. The quantitative estimate of drug-likeness (QED) is 0.729. The van der Waals surface area contributed by atoms with Crippen molar-refractivity contribution in [1.82, 2.24) is 5.32 Å². The van der Waals surface area contributed by atoms with E-state index in [1.807, 2.05) is 37.3 Å². The second-order valence-corrected chi connectivity index (χ2v) is 8.09. The third kappa shape index (κ3) is 4.14. The highest BCUT2D eigenvalue weighted by Gasteiger charge is 2.27. The lowest BCUT2D eigenvalue weighted by Gasteiger charge is -2.18. The number of hydrogen-bond acceptors (Lipinski definition) is 4. The average Bonchev–Trinajstić information content (AvgIpc) is 2.97. The summed E-state index contributed by atoms with van der Waals surface area (Å²) in [5.74, 6) is -0.0290. The Morgan fingerprint density at radius 1 is 1.31 bits per heavy atom. The van der Waals surface area contributed by atoms with Crippen molar-refractivity contribution < 1.29 is 9.59 Å². The lowest BCUT2D eigenvalue weighted by molar-refractivity contribution is -0.115. The number of anilines is 1. The molecular formula is C20H25N3O2S. The van der Waals surface area contributed by atoms with Crippen molar-refractivity contribution >= 4 is 28.2 Å². The van der Waals surface area contributed by atoms with Gasteiger partial charge in [-0.2, -0.15) is 0 Å². The van der Waals surface area contributed by atoms with E-state index in [1.165, 1.54) is 16.2 Å². The molecule has 6 heteroatoms. The van der Waals surface area contributed by atoms with Gasteiger partial charge in [-0.05, 0) is 43.2 Å². The minimum absolute atomic E-state index is 0.0648. The summed E-state index contributed by atoms with van der Waals surface area (Å²) in [5.41, 5.74) is 8.25. The highest BCUT2D eigenvalue weighted by molar-refractivity contribution is 7.17. The van der Waals surface area contributed by atoms with Crippen molar-refractivity contribution in [1.29, 1.82) is 0 Å². The fourth-order valence-corrected chi connectivity index (χ4v) is 4.81. The van der Waals surface area contributed by atoms with E-state index in [9.17, 15) is 9.59 Å². The van der Waals surface area contributed by atoms with Crippen molar-refractivity contribution in [2.24, 2.45) is 11.7 Å². The van der Waals surface area contributed by atoms with Gasteiger partial charge in [0.2, 0.25) is 5.91 Å². The monoisotopic (exact) mass is 371 g/mol. The van der Waals surface area contributed by atoms with Gasteiger partial charge in [-0.25, -0.2) is 0 Å². The van der Waals surface area contributed by atoms with Crippen LogP contribution in [0.15, 0.2) is 30.3 Å². The number of amides is 2. The molecular weight excluding hydrogens is 346 g/mol. The minimum atomic E-state index is -0.460. The lowest BCUT2D eigenvalue weighted by Crippen LogP contribution is -2.30. The van der Waals surface area contributed by atoms with Crippen LogP contribution in [0.3, 0.4) is 0 Å². The maximum Gasteiger partial charge on any atom is 0.251 e. The molecule has 1 aliphatic carbocycles. The zero-order chi connectivity index (χ0) is 18.7. The molecule has 2 atom stereocenters. The zero-order valence-electron chi connectivity index (χ0n) is 15.2. The molecule has 0 bridgehead atoms. The summed E-state index contributed by atoms with van der Waals surface area (Å²) in [5, 5.41) is 6.69. The SMILES string of the molecule is C[C@H]1CCc2c(sc(NC(=O)CN[C@H](C)c3ccccc3)c2C(N)=O)C1. The van der Waals surface area contributed by atoms with Gasteiger partial charge in [-0.1, -0.05) is 37.3 Å². The summed E-state index contributed by atoms with van der Waals surface area (Å²) >= 11 is 1.49. The molecule has 0 aliphatic heterocycles. The Labute approximate surface area is 158 Å². The fourth-order valence-electron chi connectivity index (χ4n) is 3.38. The summed E-state index contributed by atoms with van der Waals surface area (Å²) in [6.45, 7) is 4.40. The number of carbonyl (C=O) groups excluding carboxylic acids is 2. The average molecular weight is 372 g/mol. The lowest BCUT2D eigenvalue weighted by atomic mass is 9.88. The van der Waals surface area contributed by atoms with Crippen molar-refractivity contribution in [3.05, 3.63) is 51.9 Å². The Morgan fingerprint density at radius 2 is 2.04 bits per heavy atom. The van der Waals surface area contributed by atoms with Crippen molar-refractivity contribution in [3.8, 4) is 0 Å². The molecule has 0 spiro atoms. The van der Waals surface area contributed by atoms with E-state index in [2.05, 4.69) is 17.6 Å². The van der Waals surface area contributed by atoms with Gasteiger partial charge in [-0.3, -0.25) is 9.59 Å². The van der Waals surface area contributed by atoms with Gasteiger partial charge in [0.25, 0.3) is 5.91 Å². The summed E-state index contributed by atoms with van der Waals surface area (Å²) in [7, 11) is 0. The van der Waals surface area contributed by atoms with Gasteiger partial charge in [-0.15, -0.1) is 11.3 Å². The molecule has 2 amide bonds. The van der Waals surface area contributed by atoms with Gasteiger partial charge < -0.3 is 16.4 Å². The number of hydrogen-bond donors (Lipinski definition) is 3. The third-order valence-electron chi connectivity index (χ3n) is 4.88. The summed E-state index contributed by atoms with van der Waals surface area (Å²) in [6.07, 6.45) is 2.84. The van der Waals surface area contributed by atoms with Crippen LogP contribution in [0.1, 0.15) is 52.7 Å². The number of primary amides is 1. The van der Waals surface area contributed by atoms with Gasteiger partial charge in [0.15, 0.2) is 0 Å². The molecule has 3 rings (SSSR count). The first-order chi connectivity index (χ1) is 12.5. The second kappa shape index (κ2) is 8.01. The van der Waals surface area contributed by atoms with Crippen molar-refractivity contribution in [2.45, 2.75) is 39.2 Å². The van der Waals surface area contributed by atoms with Gasteiger partial charge in [0.1, 0.15) is 5.00 Å². The topological polar surface area (TPSA) is 84.2 Å². The molecule has 1 aromatic heterocycles. The smallest absolute Gasteiger partial charge is 0.251 e. The van der Waals surface area contributed by atoms with Crippen molar-refractivity contribution in [3.63, 3.8) is 0 Å². The van der Waals surface area contributed by atoms with Gasteiger partial charge in [0.05, 0.1) is 12.1 Å². The number of nitrogens with two attached hydrogens (primary N) is 1. The van der Waals surface area contributed by atoms with E-state index in [1.54, 1.807) is 0 Å². The molecule has 0 fully saturated rings. The first-order valence-electron chi connectivity index (χ1n) is 8.98. The Kier molecular flexibility index (Phi) is 5.74. The Morgan fingerprint density at radius 3 is 2.73 bits per heavy atom. The Hall–Kier alpha value is -2.18. The number of nitrogens with one attached hydrogen (secondary N) is 2. The fraction of sp³-hybridized carbons (Fsp3) is 0.400. The van der Waals surface area contributed by atoms with Crippen LogP contribution in [-0.2, 0) is 17.6 Å². The molecule has 1 aromatic carbocycles. The van der Waals surface area contributed by atoms with Crippen LogP contribution in [-0.4, -0.2) is 18.4 Å². The summed E-state index contributed by atoms with van der Waals surface area (Å²) in [4.78, 5) is 25.5. The molecule has 138 valence electrons. The number of fused-ring (bicyclic) bond motifs is 1. The molecule has 0 saturated heterocycles. The molecule has 0 radical (unpaired) electrons. The van der Waals surface area contributed by atoms with Crippen molar-refractivity contribution in [2.75, 3.05) is 11.9 Å². The van der Waals surface area contributed by atoms with Crippen LogP contribution in [0.25, 0.3) is 0 Å². The van der Waals surface area contributed by atoms with Crippen LogP contribution < -0.4 is 16.4 Å². The summed E-state index contributed by atoms with van der Waals surface area (Å²) in [6, 6.07) is 10.0. The zero-order valence-corrected chi connectivity index (χ0v) is 16.0. The van der Waals surface area contributed by atoms with E-state index in [-0.39, 0.29) is 18.5 Å². The van der Waals surface area contributed by atoms with Crippen LogP contribution >= 0.6 is 11.3 Å². The van der Waals surface area contributed by atoms with E-state index < -0.39 is 5.91 Å². The van der Waals surface area contributed by atoms with E-state index in [0.717, 1.165) is 30.4 Å². The molecule has 0 saturated carbocycles. The second-order valence-electron chi connectivity index (χ2n) is 6.98. The highest BCUT2D eigenvalue weighted by atomic mass is 32.1. The van der Waals surface area contributed by atoms with E-state index >= 15 is 0 Å². The molecule has 1 aliphatic rings. The van der Waals surface area contributed by atoms with Gasteiger partial charge >= 0.3 is 0 Å². The number of carbonyl (C=O) groups is 2. The first-order valence-corrected chi connectivity index (χ1v) is 9.80. The number of benzene rings is 1. The normalized spacial score (nSPS) is 17.4. The Balaban J connectivity index is 1.67. The third-order valence-corrected chi connectivity index (χ3v) is 6.05. The summed E-state index contributed by atoms with van der Waals surface area (Å²) < 4.78 is 0. The van der Waals surface area contributed by atoms with Crippen LogP contribution in [0.4, 0.5) is 5.00 Å². The van der Waals surface area contributed by atoms with E-state index in [4.69, 9.17) is 5.73 Å². The largest absolute Gasteiger partial charge is 0.365 e.